The molecule has 0 amide bonds. The van der Waals surface area contributed by atoms with Crippen LogP contribution in [0.15, 0.2) is 36.9 Å². The zero-order valence-electron chi connectivity index (χ0n) is 9.33. The fourth-order valence-corrected chi connectivity index (χ4v) is 1.92. The minimum Gasteiger partial charge on any atom is -0.382 e. The van der Waals surface area contributed by atoms with Crippen LogP contribution in [0.25, 0.3) is 16.8 Å². The minimum atomic E-state index is 0.479. The monoisotopic (exact) mass is 225 g/mol. The topological polar surface area (TPSA) is 69.1 Å². The average Bonchev–Trinajstić information content (AvgIpc) is 2.70. The van der Waals surface area contributed by atoms with Crippen LogP contribution in [-0.4, -0.2) is 19.4 Å². The Kier molecular flexibility index (Phi) is 2.04. The van der Waals surface area contributed by atoms with Crippen molar-refractivity contribution < 1.29 is 0 Å². The number of aryl methyl sites for hydroxylation is 1. The quantitative estimate of drug-likeness (QED) is 0.684. The van der Waals surface area contributed by atoms with Crippen molar-refractivity contribution in [1.29, 1.82) is 0 Å². The summed E-state index contributed by atoms with van der Waals surface area (Å²) in [7, 11) is 0. The molecule has 0 aliphatic heterocycles. The molecule has 0 aromatic carbocycles. The number of fused-ring (bicyclic) bond motifs is 1. The Hall–Kier alpha value is -2.43. The van der Waals surface area contributed by atoms with Crippen LogP contribution in [0, 0.1) is 6.92 Å². The molecule has 3 aromatic rings. The third-order valence-electron chi connectivity index (χ3n) is 2.69. The number of nitrogens with zero attached hydrogens (tertiary/aromatic N) is 4. The summed E-state index contributed by atoms with van der Waals surface area (Å²) in [6.45, 7) is 1.94. The number of nitrogen functional groups attached to an aromatic ring is 1. The fraction of sp³-hybridized carbons (Fsp3) is 0.0833. The van der Waals surface area contributed by atoms with Gasteiger partial charge in [0.1, 0.15) is 22.9 Å². The molecule has 0 aliphatic rings. The van der Waals surface area contributed by atoms with Gasteiger partial charge in [-0.05, 0) is 19.1 Å². The largest absolute Gasteiger partial charge is 0.382 e. The zero-order valence-corrected chi connectivity index (χ0v) is 9.33. The molecular formula is C12H11N5. The summed E-state index contributed by atoms with van der Waals surface area (Å²) >= 11 is 0. The summed E-state index contributed by atoms with van der Waals surface area (Å²) in [5, 5.41) is 0. The number of hydrogen-bond acceptors (Lipinski definition) is 4. The van der Waals surface area contributed by atoms with E-state index >= 15 is 0 Å². The second-order valence-corrected chi connectivity index (χ2v) is 3.78. The molecule has 84 valence electrons. The molecule has 2 N–H and O–H groups in total. The van der Waals surface area contributed by atoms with Crippen molar-refractivity contribution in [3.05, 3.63) is 42.7 Å². The van der Waals surface area contributed by atoms with Gasteiger partial charge in [0.2, 0.25) is 0 Å². The maximum Gasteiger partial charge on any atom is 0.150 e. The van der Waals surface area contributed by atoms with Crippen molar-refractivity contribution in [1.82, 2.24) is 19.4 Å². The van der Waals surface area contributed by atoms with E-state index in [2.05, 4.69) is 15.0 Å². The van der Waals surface area contributed by atoms with Crippen molar-refractivity contribution in [2.24, 2.45) is 0 Å². The lowest BCUT2D eigenvalue weighted by atomic mass is 10.2. The van der Waals surface area contributed by atoms with Crippen LogP contribution in [-0.2, 0) is 0 Å². The second kappa shape index (κ2) is 3.55. The summed E-state index contributed by atoms with van der Waals surface area (Å²) in [6, 6.07) is 3.84. The lowest BCUT2D eigenvalue weighted by molar-refractivity contribution is 1.03. The predicted molar refractivity (Wildman–Crippen MR) is 65.4 cm³/mol. The van der Waals surface area contributed by atoms with E-state index in [-0.39, 0.29) is 0 Å². The molecule has 3 heterocycles. The number of anilines is 1. The molecule has 5 nitrogen and oxygen atoms in total. The van der Waals surface area contributed by atoms with E-state index in [9.17, 15) is 0 Å². The molecule has 0 bridgehead atoms. The van der Waals surface area contributed by atoms with Crippen molar-refractivity contribution in [3.8, 4) is 11.3 Å². The number of imidazole rings is 1. The van der Waals surface area contributed by atoms with Gasteiger partial charge in [-0.25, -0.2) is 9.97 Å². The zero-order chi connectivity index (χ0) is 11.8. The molecule has 0 spiro atoms. The molecule has 5 heteroatoms. The SMILES string of the molecule is Cc1nc(-c2cccnc2)c2c(N)nccn12. The van der Waals surface area contributed by atoms with Gasteiger partial charge in [-0.3, -0.25) is 9.38 Å². The number of aromatic nitrogens is 4. The first kappa shape index (κ1) is 9.77. The first-order chi connectivity index (χ1) is 8.27. The van der Waals surface area contributed by atoms with E-state index in [1.165, 1.54) is 0 Å². The van der Waals surface area contributed by atoms with Crippen LogP contribution in [0.3, 0.4) is 0 Å². The Morgan fingerprint density at radius 2 is 2.18 bits per heavy atom. The highest BCUT2D eigenvalue weighted by Gasteiger charge is 2.13. The summed E-state index contributed by atoms with van der Waals surface area (Å²) in [4.78, 5) is 12.7. The summed E-state index contributed by atoms with van der Waals surface area (Å²) in [5.41, 5.74) is 8.51. The third-order valence-corrected chi connectivity index (χ3v) is 2.69. The number of nitrogens with two attached hydrogens (primary N) is 1. The molecule has 17 heavy (non-hydrogen) atoms. The Balaban J connectivity index is 2.38. The highest BCUT2D eigenvalue weighted by molar-refractivity contribution is 5.84. The lowest BCUT2D eigenvalue weighted by Gasteiger charge is -2.00. The van der Waals surface area contributed by atoms with Gasteiger partial charge in [-0.1, -0.05) is 0 Å². The van der Waals surface area contributed by atoms with E-state index in [1.807, 2.05) is 29.7 Å². The van der Waals surface area contributed by atoms with Gasteiger partial charge in [0, 0.05) is 30.4 Å². The van der Waals surface area contributed by atoms with E-state index in [1.54, 1.807) is 18.6 Å². The molecule has 0 atom stereocenters. The van der Waals surface area contributed by atoms with Crippen LogP contribution < -0.4 is 5.73 Å². The summed E-state index contributed by atoms with van der Waals surface area (Å²) < 4.78 is 1.94. The fourth-order valence-electron chi connectivity index (χ4n) is 1.92. The first-order valence-electron chi connectivity index (χ1n) is 5.27. The number of hydrogen-bond donors (Lipinski definition) is 1. The molecule has 0 aliphatic carbocycles. The maximum atomic E-state index is 5.92. The number of rotatable bonds is 1. The Bertz CT molecular complexity index is 672. The van der Waals surface area contributed by atoms with Crippen LogP contribution in [0.2, 0.25) is 0 Å². The second-order valence-electron chi connectivity index (χ2n) is 3.78. The average molecular weight is 225 g/mol. The van der Waals surface area contributed by atoms with Crippen molar-refractivity contribution in [2.75, 3.05) is 5.73 Å². The van der Waals surface area contributed by atoms with Crippen LogP contribution >= 0.6 is 0 Å². The molecule has 0 saturated heterocycles. The van der Waals surface area contributed by atoms with Crippen LogP contribution in [0.5, 0.6) is 0 Å². The highest BCUT2D eigenvalue weighted by atomic mass is 15.1. The van der Waals surface area contributed by atoms with Crippen molar-refractivity contribution >= 4 is 11.3 Å². The minimum absolute atomic E-state index is 0.479. The van der Waals surface area contributed by atoms with Crippen molar-refractivity contribution in [3.63, 3.8) is 0 Å². The normalized spacial score (nSPS) is 10.9. The van der Waals surface area contributed by atoms with Crippen molar-refractivity contribution in [2.45, 2.75) is 6.92 Å². The standard InChI is InChI=1S/C12H11N5/c1-8-16-10(9-3-2-4-14-7-9)11-12(13)15-5-6-17(8)11/h2-7H,1H3,(H2,13,15). The van der Waals surface area contributed by atoms with Gasteiger partial charge in [-0.15, -0.1) is 0 Å². The summed E-state index contributed by atoms with van der Waals surface area (Å²) in [6.07, 6.45) is 7.03. The predicted octanol–water partition coefficient (Wildman–Crippen LogP) is 1.68. The van der Waals surface area contributed by atoms with Gasteiger partial charge >= 0.3 is 0 Å². The molecule has 0 fully saturated rings. The van der Waals surface area contributed by atoms with Gasteiger partial charge in [0.15, 0.2) is 0 Å². The number of pyridine rings is 1. The molecule has 0 radical (unpaired) electrons. The third kappa shape index (κ3) is 1.44. The lowest BCUT2D eigenvalue weighted by Crippen LogP contribution is -1.96. The van der Waals surface area contributed by atoms with Gasteiger partial charge in [-0.2, -0.15) is 0 Å². The molecule has 0 saturated carbocycles. The van der Waals surface area contributed by atoms with E-state index in [0.29, 0.717) is 5.82 Å². The maximum absolute atomic E-state index is 5.92. The Labute approximate surface area is 98.0 Å². The van der Waals surface area contributed by atoms with Crippen LogP contribution in [0.1, 0.15) is 5.82 Å². The highest BCUT2D eigenvalue weighted by Crippen LogP contribution is 2.26. The van der Waals surface area contributed by atoms with E-state index < -0.39 is 0 Å². The Morgan fingerprint density at radius 1 is 1.29 bits per heavy atom. The van der Waals surface area contributed by atoms with E-state index in [0.717, 1.165) is 22.6 Å². The van der Waals surface area contributed by atoms with Crippen LogP contribution in [0.4, 0.5) is 5.82 Å². The first-order valence-corrected chi connectivity index (χ1v) is 5.27. The molecule has 3 aromatic heterocycles. The van der Waals surface area contributed by atoms with Gasteiger partial charge in [0.25, 0.3) is 0 Å². The Morgan fingerprint density at radius 3 is 2.94 bits per heavy atom. The van der Waals surface area contributed by atoms with E-state index in [4.69, 9.17) is 5.73 Å². The summed E-state index contributed by atoms with van der Waals surface area (Å²) in [5.74, 6) is 1.36. The van der Waals surface area contributed by atoms with Gasteiger partial charge < -0.3 is 5.73 Å². The molecule has 0 unspecified atom stereocenters. The molecule has 3 rings (SSSR count). The van der Waals surface area contributed by atoms with Gasteiger partial charge in [0.05, 0.1) is 0 Å². The molecular weight excluding hydrogens is 214 g/mol. The smallest absolute Gasteiger partial charge is 0.150 e.